The Morgan fingerprint density at radius 1 is 1.06 bits per heavy atom. The van der Waals surface area contributed by atoms with Gasteiger partial charge in [-0.2, -0.15) is 0 Å². The first-order valence-corrected chi connectivity index (χ1v) is 11.9. The number of anilines is 1. The van der Waals surface area contributed by atoms with Gasteiger partial charge in [-0.3, -0.25) is 9.59 Å². The van der Waals surface area contributed by atoms with E-state index in [1.54, 1.807) is 29.2 Å². The molecule has 35 heavy (non-hydrogen) atoms. The van der Waals surface area contributed by atoms with Crippen molar-refractivity contribution in [3.05, 3.63) is 66.4 Å². The number of hydrogen-bond donors (Lipinski definition) is 0. The van der Waals surface area contributed by atoms with E-state index >= 15 is 0 Å². The summed E-state index contributed by atoms with van der Waals surface area (Å²) in [7, 11) is 0. The summed E-state index contributed by atoms with van der Waals surface area (Å²) in [6, 6.07) is 13.1. The van der Waals surface area contributed by atoms with E-state index in [2.05, 4.69) is 15.1 Å². The molecule has 3 aromatic rings. The number of carbonyl (C=O) groups excluding carboxylic acids is 2. The van der Waals surface area contributed by atoms with Crippen LogP contribution in [0.1, 0.15) is 37.2 Å². The second-order valence-corrected chi connectivity index (χ2v) is 8.67. The van der Waals surface area contributed by atoms with E-state index < -0.39 is 0 Å². The molecule has 1 unspecified atom stereocenters. The van der Waals surface area contributed by atoms with Crippen LogP contribution < -0.4 is 4.90 Å². The highest BCUT2D eigenvalue weighted by Crippen LogP contribution is 2.20. The molecular formula is C26H30FN5O3. The molecule has 0 bridgehead atoms. The van der Waals surface area contributed by atoms with Crippen LogP contribution in [0.2, 0.25) is 0 Å². The van der Waals surface area contributed by atoms with Crippen LogP contribution in [0.5, 0.6) is 0 Å². The predicted octanol–water partition coefficient (Wildman–Crippen LogP) is 3.86. The highest BCUT2D eigenvalue weighted by Gasteiger charge is 2.28. The van der Waals surface area contributed by atoms with Crippen molar-refractivity contribution in [1.29, 1.82) is 0 Å². The van der Waals surface area contributed by atoms with Gasteiger partial charge >= 0.3 is 0 Å². The molecule has 1 aliphatic heterocycles. The Labute approximate surface area is 204 Å². The molecule has 3 heterocycles. The number of rotatable bonds is 7. The molecule has 1 fully saturated rings. The maximum absolute atomic E-state index is 13.2. The van der Waals surface area contributed by atoms with Gasteiger partial charge in [0.25, 0.3) is 5.91 Å². The molecule has 0 spiro atoms. The fourth-order valence-corrected chi connectivity index (χ4v) is 4.10. The summed E-state index contributed by atoms with van der Waals surface area (Å²) < 4.78 is 18.4. The van der Waals surface area contributed by atoms with Crippen LogP contribution in [0.3, 0.4) is 0 Å². The Balaban J connectivity index is 1.38. The minimum Gasteiger partial charge on any atom is -0.459 e. The summed E-state index contributed by atoms with van der Waals surface area (Å²) in [6.45, 7) is 6.45. The molecule has 0 aliphatic carbocycles. The second kappa shape index (κ2) is 11.1. The van der Waals surface area contributed by atoms with Gasteiger partial charge in [-0.25, -0.2) is 4.39 Å². The first-order chi connectivity index (χ1) is 17.0. The molecule has 2 amide bonds. The Hall–Kier alpha value is -3.75. The van der Waals surface area contributed by atoms with Crippen molar-refractivity contribution >= 4 is 17.6 Å². The van der Waals surface area contributed by atoms with Gasteiger partial charge < -0.3 is 19.1 Å². The van der Waals surface area contributed by atoms with E-state index in [1.807, 2.05) is 30.9 Å². The molecule has 1 aromatic carbocycles. The Morgan fingerprint density at radius 2 is 1.86 bits per heavy atom. The molecule has 2 aromatic heterocycles. The monoisotopic (exact) mass is 479 g/mol. The number of amides is 2. The van der Waals surface area contributed by atoms with Crippen LogP contribution in [0.15, 0.2) is 59.2 Å². The summed E-state index contributed by atoms with van der Waals surface area (Å²) >= 11 is 0. The quantitative estimate of drug-likeness (QED) is 0.512. The second-order valence-electron chi connectivity index (χ2n) is 8.67. The fourth-order valence-electron chi connectivity index (χ4n) is 4.10. The van der Waals surface area contributed by atoms with Gasteiger partial charge in [-0.15, -0.1) is 10.2 Å². The van der Waals surface area contributed by atoms with Crippen molar-refractivity contribution in [3.63, 3.8) is 0 Å². The van der Waals surface area contributed by atoms with E-state index in [-0.39, 0.29) is 36.0 Å². The molecule has 9 heteroatoms. The zero-order valence-corrected chi connectivity index (χ0v) is 20.1. The molecule has 0 saturated carbocycles. The highest BCUT2D eigenvalue weighted by molar-refractivity contribution is 5.94. The van der Waals surface area contributed by atoms with Gasteiger partial charge in [-0.1, -0.05) is 6.92 Å². The number of halogens is 1. The van der Waals surface area contributed by atoms with Crippen LogP contribution >= 0.6 is 0 Å². The number of nitrogens with zero attached hydrogens (tertiary/aromatic N) is 5. The third-order valence-corrected chi connectivity index (χ3v) is 6.38. The van der Waals surface area contributed by atoms with Gasteiger partial charge in [-0.05, 0) is 68.3 Å². The summed E-state index contributed by atoms with van der Waals surface area (Å²) in [5.74, 6) is 0.331. The SMILES string of the molecule is CCC(C)N(CC(=O)N1CCCN(c2ccc(-c3ccc(F)cc3)nn2)CC1)C(=O)c1ccco1. The van der Waals surface area contributed by atoms with Crippen LogP contribution in [-0.4, -0.2) is 70.6 Å². The molecule has 0 N–H and O–H groups in total. The average Bonchev–Trinajstić information content (AvgIpc) is 3.31. The minimum atomic E-state index is -0.292. The molecule has 8 nitrogen and oxygen atoms in total. The third kappa shape index (κ3) is 5.85. The lowest BCUT2D eigenvalue weighted by atomic mass is 10.1. The van der Waals surface area contributed by atoms with Crippen LogP contribution in [0.25, 0.3) is 11.3 Å². The van der Waals surface area contributed by atoms with Crippen molar-refractivity contribution in [2.75, 3.05) is 37.6 Å². The first-order valence-electron chi connectivity index (χ1n) is 11.9. The van der Waals surface area contributed by atoms with E-state index in [0.717, 1.165) is 30.8 Å². The molecule has 0 radical (unpaired) electrons. The minimum absolute atomic E-state index is 0.0146. The predicted molar refractivity (Wildman–Crippen MR) is 130 cm³/mol. The Kier molecular flexibility index (Phi) is 7.74. The Morgan fingerprint density at radius 3 is 2.51 bits per heavy atom. The zero-order chi connectivity index (χ0) is 24.8. The van der Waals surface area contributed by atoms with E-state index in [1.165, 1.54) is 18.4 Å². The van der Waals surface area contributed by atoms with Crippen LogP contribution in [0.4, 0.5) is 10.2 Å². The maximum atomic E-state index is 13.2. The first kappa shape index (κ1) is 24.4. The zero-order valence-electron chi connectivity index (χ0n) is 20.1. The summed E-state index contributed by atoms with van der Waals surface area (Å²) in [5.41, 5.74) is 1.47. The smallest absolute Gasteiger partial charge is 0.290 e. The van der Waals surface area contributed by atoms with Gasteiger partial charge in [0, 0.05) is 37.8 Å². The summed E-state index contributed by atoms with van der Waals surface area (Å²) in [5, 5.41) is 8.67. The number of furan rings is 1. The van der Waals surface area contributed by atoms with Crippen molar-refractivity contribution in [2.45, 2.75) is 32.7 Å². The summed E-state index contributed by atoms with van der Waals surface area (Å²) in [4.78, 5) is 31.6. The molecule has 4 rings (SSSR count). The maximum Gasteiger partial charge on any atom is 0.290 e. The lowest BCUT2D eigenvalue weighted by Gasteiger charge is -2.30. The van der Waals surface area contributed by atoms with Gasteiger partial charge in [0.05, 0.1) is 12.0 Å². The lowest BCUT2D eigenvalue weighted by Crippen LogP contribution is -2.47. The molecule has 1 aliphatic rings. The number of aromatic nitrogens is 2. The largest absolute Gasteiger partial charge is 0.459 e. The van der Waals surface area contributed by atoms with Crippen molar-refractivity contribution in [2.24, 2.45) is 0 Å². The molecule has 1 saturated heterocycles. The van der Waals surface area contributed by atoms with E-state index in [0.29, 0.717) is 25.3 Å². The van der Waals surface area contributed by atoms with E-state index in [4.69, 9.17) is 4.42 Å². The lowest BCUT2D eigenvalue weighted by molar-refractivity contribution is -0.132. The van der Waals surface area contributed by atoms with Crippen molar-refractivity contribution in [1.82, 2.24) is 20.0 Å². The van der Waals surface area contributed by atoms with Gasteiger partial charge in [0.15, 0.2) is 11.6 Å². The summed E-state index contributed by atoms with van der Waals surface area (Å²) in [6.07, 6.45) is 2.98. The standard InChI is InChI=1S/C26H30FN5O3/c1-3-19(2)32(26(34)23-6-4-17-35-23)18-25(33)31-14-5-13-30(15-16-31)24-12-11-22(28-29-24)20-7-9-21(27)10-8-20/h4,6-12,17,19H,3,5,13-16,18H2,1-2H3. The normalized spacial score (nSPS) is 14.9. The average molecular weight is 480 g/mol. The highest BCUT2D eigenvalue weighted by atomic mass is 19.1. The third-order valence-electron chi connectivity index (χ3n) is 6.38. The van der Waals surface area contributed by atoms with Crippen LogP contribution in [0, 0.1) is 5.82 Å². The van der Waals surface area contributed by atoms with Gasteiger partial charge in [0.1, 0.15) is 12.4 Å². The van der Waals surface area contributed by atoms with Crippen molar-refractivity contribution < 1.29 is 18.4 Å². The topological polar surface area (TPSA) is 82.8 Å². The number of hydrogen-bond acceptors (Lipinski definition) is 6. The number of carbonyl (C=O) groups is 2. The van der Waals surface area contributed by atoms with E-state index in [9.17, 15) is 14.0 Å². The number of benzene rings is 1. The molecule has 1 atom stereocenters. The van der Waals surface area contributed by atoms with Crippen molar-refractivity contribution in [3.8, 4) is 11.3 Å². The molecule has 184 valence electrons. The Bertz CT molecular complexity index is 1120. The fraction of sp³-hybridized carbons (Fsp3) is 0.385. The van der Waals surface area contributed by atoms with Gasteiger partial charge in [0.2, 0.25) is 5.91 Å². The van der Waals surface area contributed by atoms with Crippen LogP contribution in [-0.2, 0) is 4.79 Å². The molecular weight excluding hydrogens is 449 g/mol.